The highest BCUT2D eigenvalue weighted by atomic mass is 16.2. The summed E-state index contributed by atoms with van der Waals surface area (Å²) in [6.07, 6.45) is 4.90. The Labute approximate surface area is 138 Å². The largest absolute Gasteiger partial charge is 0.342 e. The molecule has 0 N–H and O–H groups in total. The topological polar surface area (TPSA) is 40.6 Å². The maximum Gasteiger partial charge on any atom is 0.225 e. The molecular formula is C19H26N2O2. The van der Waals surface area contributed by atoms with Gasteiger partial charge in [0.2, 0.25) is 11.8 Å². The molecule has 2 aliphatic rings. The predicted octanol–water partition coefficient (Wildman–Crippen LogP) is 2.68. The number of piperidine rings is 1. The number of hydrogen-bond acceptors (Lipinski definition) is 2. The Morgan fingerprint density at radius 2 is 1.70 bits per heavy atom. The van der Waals surface area contributed by atoms with Gasteiger partial charge in [-0.2, -0.15) is 0 Å². The summed E-state index contributed by atoms with van der Waals surface area (Å²) in [4.78, 5) is 28.7. The monoisotopic (exact) mass is 314 g/mol. The lowest BCUT2D eigenvalue weighted by Crippen LogP contribution is -2.46. The zero-order valence-electron chi connectivity index (χ0n) is 13.9. The fourth-order valence-electron chi connectivity index (χ4n) is 3.51. The van der Waals surface area contributed by atoms with Crippen LogP contribution in [0.25, 0.3) is 0 Å². The maximum absolute atomic E-state index is 12.6. The lowest BCUT2D eigenvalue weighted by molar-refractivity contribution is -0.143. The zero-order chi connectivity index (χ0) is 16.2. The van der Waals surface area contributed by atoms with E-state index in [4.69, 9.17) is 0 Å². The number of carbonyl (C=O) groups is 2. The van der Waals surface area contributed by atoms with E-state index < -0.39 is 0 Å². The lowest BCUT2D eigenvalue weighted by Gasteiger charge is -2.37. The van der Waals surface area contributed by atoms with E-state index in [2.05, 4.69) is 0 Å². The van der Waals surface area contributed by atoms with Crippen molar-refractivity contribution in [2.45, 2.75) is 38.6 Å². The van der Waals surface area contributed by atoms with Crippen molar-refractivity contribution in [2.24, 2.45) is 11.8 Å². The second-order valence-electron chi connectivity index (χ2n) is 6.91. The van der Waals surface area contributed by atoms with Crippen LogP contribution in [-0.2, 0) is 16.1 Å². The predicted molar refractivity (Wildman–Crippen MR) is 89.6 cm³/mol. The normalized spacial score (nSPS) is 19.3. The summed E-state index contributed by atoms with van der Waals surface area (Å²) in [7, 11) is 1.88. The van der Waals surface area contributed by atoms with E-state index in [1.807, 2.05) is 47.2 Å². The highest BCUT2D eigenvalue weighted by Gasteiger charge is 2.33. The van der Waals surface area contributed by atoms with E-state index in [9.17, 15) is 9.59 Å². The van der Waals surface area contributed by atoms with Gasteiger partial charge in [-0.3, -0.25) is 9.59 Å². The van der Waals surface area contributed by atoms with Crippen LogP contribution in [-0.4, -0.2) is 41.8 Å². The van der Waals surface area contributed by atoms with Gasteiger partial charge in [0.1, 0.15) is 0 Å². The Hall–Kier alpha value is -1.84. The van der Waals surface area contributed by atoms with E-state index >= 15 is 0 Å². The van der Waals surface area contributed by atoms with Crippen molar-refractivity contribution < 1.29 is 9.59 Å². The quantitative estimate of drug-likeness (QED) is 0.857. The molecule has 0 radical (unpaired) electrons. The highest BCUT2D eigenvalue weighted by molar-refractivity contribution is 5.81. The summed E-state index contributed by atoms with van der Waals surface area (Å²) in [6, 6.07) is 10.1. The van der Waals surface area contributed by atoms with Crippen LogP contribution in [0, 0.1) is 11.8 Å². The summed E-state index contributed by atoms with van der Waals surface area (Å²) in [6.45, 7) is 2.14. The van der Waals surface area contributed by atoms with Gasteiger partial charge in [-0.15, -0.1) is 0 Å². The van der Waals surface area contributed by atoms with Gasteiger partial charge in [0.15, 0.2) is 0 Å². The van der Waals surface area contributed by atoms with E-state index in [1.54, 1.807) is 0 Å². The van der Waals surface area contributed by atoms with Crippen LogP contribution in [0.15, 0.2) is 30.3 Å². The molecule has 2 amide bonds. The Kier molecular flexibility index (Phi) is 4.99. The first-order valence-electron chi connectivity index (χ1n) is 8.73. The summed E-state index contributed by atoms with van der Waals surface area (Å²) in [5, 5.41) is 0. The van der Waals surface area contributed by atoms with Crippen molar-refractivity contribution in [2.75, 3.05) is 20.1 Å². The van der Waals surface area contributed by atoms with Crippen molar-refractivity contribution in [3.8, 4) is 0 Å². The minimum absolute atomic E-state index is 0.0640. The summed E-state index contributed by atoms with van der Waals surface area (Å²) in [5.74, 6) is 0.863. The van der Waals surface area contributed by atoms with Crippen LogP contribution in [0.3, 0.4) is 0 Å². The zero-order valence-corrected chi connectivity index (χ0v) is 13.9. The van der Waals surface area contributed by atoms with Gasteiger partial charge in [-0.1, -0.05) is 36.8 Å². The Bertz CT molecular complexity index is 546. The fourth-order valence-corrected chi connectivity index (χ4v) is 3.51. The molecule has 4 nitrogen and oxygen atoms in total. The van der Waals surface area contributed by atoms with E-state index in [-0.39, 0.29) is 17.7 Å². The molecule has 0 atom stereocenters. The molecule has 1 heterocycles. The fraction of sp³-hybridized carbons (Fsp3) is 0.579. The number of benzene rings is 1. The van der Waals surface area contributed by atoms with Gasteiger partial charge < -0.3 is 9.80 Å². The molecule has 0 unspecified atom stereocenters. The van der Waals surface area contributed by atoms with Crippen LogP contribution in [0.4, 0.5) is 0 Å². The van der Waals surface area contributed by atoms with E-state index in [1.165, 1.54) is 6.42 Å². The first-order chi connectivity index (χ1) is 11.1. The number of likely N-dealkylation sites (tertiary alicyclic amines) is 1. The molecule has 1 saturated carbocycles. The van der Waals surface area contributed by atoms with Crippen LogP contribution < -0.4 is 0 Å². The molecule has 0 aromatic heterocycles. The van der Waals surface area contributed by atoms with Gasteiger partial charge >= 0.3 is 0 Å². The van der Waals surface area contributed by atoms with Gasteiger partial charge in [-0.05, 0) is 31.2 Å². The van der Waals surface area contributed by atoms with Crippen molar-refractivity contribution in [1.29, 1.82) is 0 Å². The smallest absolute Gasteiger partial charge is 0.225 e. The molecule has 23 heavy (non-hydrogen) atoms. The molecule has 1 saturated heterocycles. The van der Waals surface area contributed by atoms with Gasteiger partial charge in [0.25, 0.3) is 0 Å². The number of hydrogen-bond donors (Lipinski definition) is 0. The molecular weight excluding hydrogens is 288 g/mol. The van der Waals surface area contributed by atoms with E-state index in [0.717, 1.165) is 44.3 Å². The first kappa shape index (κ1) is 16.0. The number of amides is 2. The SMILES string of the molecule is CN(Cc1ccccc1)C(=O)C1CCN(C(=O)C2CCC2)CC1. The molecule has 1 aliphatic heterocycles. The molecule has 0 spiro atoms. The summed E-state index contributed by atoms with van der Waals surface area (Å²) < 4.78 is 0. The van der Waals surface area contributed by atoms with Gasteiger partial charge in [0.05, 0.1) is 0 Å². The minimum Gasteiger partial charge on any atom is -0.342 e. The Morgan fingerprint density at radius 1 is 1.04 bits per heavy atom. The van der Waals surface area contributed by atoms with Crippen LogP contribution in [0.2, 0.25) is 0 Å². The standard InChI is InChI=1S/C19H26N2O2/c1-20(14-15-6-3-2-4-7-15)18(22)17-10-12-21(13-11-17)19(23)16-8-5-9-16/h2-4,6-7,16-17H,5,8-14H2,1H3. The third-order valence-corrected chi connectivity index (χ3v) is 5.25. The van der Waals surface area contributed by atoms with Gasteiger partial charge in [0, 0.05) is 38.5 Å². The second kappa shape index (κ2) is 7.16. The molecule has 2 fully saturated rings. The number of nitrogens with zero attached hydrogens (tertiary/aromatic N) is 2. The molecule has 1 aromatic carbocycles. The Balaban J connectivity index is 1.48. The average Bonchev–Trinajstić information content (AvgIpc) is 2.53. The molecule has 4 heteroatoms. The lowest BCUT2D eigenvalue weighted by atomic mass is 9.83. The molecule has 1 aliphatic carbocycles. The highest BCUT2D eigenvalue weighted by Crippen LogP contribution is 2.30. The maximum atomic E-state index is 12.6. The molecule has 0 bridgehead atoms. The third-order valence-electron chi connectivity index (χ3n) is 5.25. The number of rotatable bonds is 4. The number of carbonyl (C=O) groups excluding carboxylic acids is 2. The second-order valence-corrected chi connectivity index (χ2v) is 6.91. The van der Waals surface area contributed by atoms with Crippen molar-refractivity contribution >= 4 is 11.8 Å². The molecule has 1 aromatic rings. The van der Waals surface area contributed by atoms with Crippen LogP contribution >= 0.6 is 0 Å². The summed E-state index contributed by atoms with van der Waals surface area (Å²) >= 11 is 0. The summed E-state index contributed by atoms with van der Waals surface area (Å²) in [5.41, 5.74) is 1.15. The third kappa shape index (κ3) is 3.74. The van der Waals surface area contributed by atoms with Crippen molar-refractivity contribution in [1.82, 2.24) is 9.80 Å². The average molecular weight is 314 g/mol. The van der Waals surface area contributed by atoms with Crippen molar-refractivity contribution in [3.05, 3.63) is 35.9 Å². The molecule has 3 rings (SSSR count). The van der Waals surface area contributed by atoms with Gasteiger partial charge in [-0.25, -0.2) is 0 Å². The van der Waals surface area contributed by atoms with Crippen LogP contribution in [0.1, 0.15) is 37.7 Å². The van der Waals surface area contributed by atoms with E-state index in [0.29, 0.717) is 12.5 Å². The minimum atomic E-state index is 0.0640. The Morgan fingerprint density at radius 3 is 2.26 bits per heavy atom. The van der Waals surface area contributed by atoms with Crippen molar-refractivity contribution in [3.63, 3.8) is 0 Å². The first-order valence-corrected chi connectivity index (χ1v) is 8.73. The molecule has 124 valence electrons. The van der Waals surface area contributed by atoms with Crippen LogP contribution in [0.5, 0.6) is 0 Å².